The van der Waals surface area contributed by atoms with Crippen molar-refractivity contribution < 1.29 is 76.3 Å². The summed E-state index contributed by atoms with van der Waals surface area (Å²) >= 11 is 0. The first-order valence-corrected chi connectivity index (χ1v) is 21.4. The van der Waals surface area contributed by atoms with Crippen LogP contribution in [0.5, 0.6) is 0 Å². The standard InChI is InChI=1S/C48H54N4O16/c1-61-41(53)13-9-25-29(17-45(57)65-5)37-22-34-27(11-15-43(55)63-3)31(19-47(59)67-7)39(51-34)24-36-28(12-16-44(56)64-4)32(20-48(60)68-8)40(52-36)23-35-26(10-14-42(54)62-2)30(18-46(58)66-6)38(50-35)21-33(25)49-37/h21-24,49-50H,9-20H2,1-8H3. The quantitative estimate of drug-likeness (QED) is 0.114. The molecule has 20 nitrogen and oxygen atoms in total. The molecule has 0 aromatic carbocycles. The first-order chi connectivity index (χ1) is 32.6. The van der Waals surface area contributed by atoms with Crippen LogP contribution in [0.3, 0.4) is 0 Å². The minimum absolute atomic E-state index is 0.0235. The number of nitrogens with one attached hydrogen (secondary N) is 2. The molecule has 0 atom stereocenters. The highest BCUT2D eigenvalue weighted by Gasteiger charge is 2.29. The Hall–Kier alpha value is -7.64. The molecule has 5 rings (SSSR count). The van der Waals surface area contributed by atoms with E-state index in [9.17, 15) is 38.4 Å². The van der Waals surface area contributed by atoms with Crippen molar-refractivity contribution in [2.75, 3.05) is 56.9 Å². The minimum Gasteiger partial charge on any atom is -0.469 e. The van der Waals surface area contributed by atoms with Crippen molar-refractivity contribution >= 4 is 92.1 Å². The van der Waals surface area contributed by atoms with Gasteiger partial charge in [-0.15, -0.1) is 0 Å². The molecular weight excluding hydrogens is 889 g/mol. The van der Waals surface area contributed by atoms with Crippen LogP contribution in [0.25, 0.3) is 44.4 Å². The van der Waals surface area contributed by atoms with Crippen molar-refractivity contribution in [3.8, 4) is 0 Å². The van der Waals surface area contributed by atoms with Gasteiger partial charge < -0.3 is 47.9 Å². The lowest BCUT2D eigenvalue weighted by Gasteiger charge is -2.09. The summed E-state index contributed by atoms with van der Waals surface area (Å²) in [6, 6.07) is 6.57. The van der Waals surface area contributed by atoms with Gasteiger partial charge in [0.15, 0.2) is 0 Å². The number of rotatable bonds is 20. The van der Waals surface area contributed by atoms with Crippen molar-refractivity contribution in [1.29, 1.82) is 0 Å². The van der Waals surface area contributed by atoms with E-state index in [1.165, 1.54) is 56.9 Å². The zero-order valence-electron chi connectivity index (χ0n) is 39.2. The van der Waals surface area contributed by atoms with Gasteiger partial charge in [-0.1, -0.05) is 0 Å². The van der Waals surface area contributed by atoms with Crippen LogP contribution in [0.1, 0.15) is 96.4 Å². The number of hydrogen-bond donors (Lipinski definition) is 2. The van der Waals surface area contributed by atoms with Crippen molar-refractivity contribution in [3.05, 3.63) is 69.3 Å². The number of nitrogens with zero attached hydrogens (tertiary/aromatic N) is 2. The second kappa shape index (κ2) is 23.7. The minimum atomic E-state index is -0.636. The van der Waals surface area contributed by atoms with Gasteiger partial charge in [-0.05, 0) is 94.5 Å². The van der Waals surface area contributed by atoms with Crippen LogP contribution in [-0.4, -0.2) is 125 Å². The number of fused-ring (bicyclic) bond motifs is 8. The zero-order chi connectivity index (χ0) is 49.7. The second-order valence-corrected chi connectivity index (χ2v) is 15.4. The molecule has 3 aromatic heterocycles. The van der Waals surface area contributed by atoms with Gasteiger partial charge in [-0.25, -0.2) is 9.97 Å². The lowest BCUT2D eigenvalue weighted by molar-refractivity contribution is -0.141. The summed E-state index contributed by atoms with van der Waals surface area (Å²) in [4.78, 5) is 120. The van der Waals surface area contributed by atoms with E-state index in [2.05, 4.69) is 9.97 Å². The van der Waals surface area contributed by atoms with E-state index < -0.39 is 47.8 Å². The summed E-state index contributed by atoms with van der Waals surface area (Å²) in [5, 5.41) is 0. The van der Waals surface area contributed by atoms with Crippen LogP contribution in [0.2, 0.25) is 0 Å². The number of ether oxygens (including phenoxy) is 8. The molecular formula is C48H54N4O16. The third kappa shape index (κ3) is 12.4. The number of esters is 8. The molecule has 3 aromatic rings. The summed E-state index contributed by atoms with van der Waals surface area (Å²) < 4.78 is 40.4. The molecule has 0 saturated heterocycles. The Morgan fingerprint density at radius 1 is 0.338 bits per heavy atom. The van der Waals surface area contributed by atoms with Gasteiger partial charge in [0.2, 0.25) is 0 Å². The maximum atomic E-state index is 13.2. The summed E-state index contributed by atoms with van der Waals surface area (Å²) in [6.45, 7) is 0. The van der Waals surface area contributed by atoms with Crippen molar-refractivity contribution in [2.24, 2.45) is 0 Å². The van der Waals surface area contributed by atoms with Gasteiger partial charge >= 0.3 is 47.8 Å². The van der Waals surface area contributed by atoms with Gasteiger partial charge in [0, 0.05) is 47.8 Å². The van der Waals surface area contributed by atoms with E-state index >= 15 is 0 Å². The van der Waals surface area contributed by atoms with Gasteiger partial charge in [0.25, 0.3) is 0 Å². The fourth-order valence-electron chi connectivity index (χ4n) is 8.02. The SMILES string of the molecule is COC(=O)CCC1=C(CC(=O)OC)c2cc3nc(cc4[nH]c(cc5[nH]c(cc1n2)c(CC(=O)OC)c5CCC(=O)OC)c(CC(=O)OC)c4CCC(=O)OC)C(CC(=O)OC)=C3CCC(=O)OC. The van der Waals surface area contributed by atoms with Crippen LogP contribution in [0, 0.1) is 0 Å². The molecule has 68 heavy (non-hydrogen) atoms. The molecule has 2 aliphatic heterocycles. The molecule has 0 radical (unpaired) electrons. The molecule has 2 N–H and O–H groups in total. The molecule has 0 amide bonds. The number of carbonyl (C=O) groups is 8. The number of methoxy groups -OCH3 is 8. The third-order valence-corrected chi connectivity index (χ3v) is 11.6. The Balaban J connectivity index is 2.11. The first kappa shape index (κ1) is 51.3. The number of aromatic amines is 2. The molecule has 2 aliphatic rings. The van der Waals surface area contributed by atoms with Gasteiger partial charge in [-0.3, -0.25) is 38.4 Å². The summed E-state index contributed by atoms with van der Waals surface area (Å²) in [6.07, 6.45) is -1.52. The smallest absolute Gasteiger partial charge is 0.310 e. The van der Waals surface area contributed by atoms with E-state index in [1.807, 2.05) is 0 Å². The highest BCUT2D eigenvalue weighted by atomic mass is 16.5. The number of aromatic nitrogens is 4. The highest BCUT2D eigenvalue weighted by Crippen LogP contribution is 2.41. The number of H-pyrrole nitrogens is 2. The summed E-state index contributed by atoms with van der Waals surface area (Å²) in [5.74, 6) is -4.68. The maximum Gasteiger partial charge on any atom is 0.310 e. The van der Waals surface area contributed by atoms with Crippen LogP contribution in [0.15, 0.2) is 24.3 Å². The van der Waals surface area contributed by atoms with E-state index in [-0.39, 0.29) is 99.8 Å². The molecule has 0 fully saturated rings. The van der Waals surface area contributed by atoms with Gasteiger partial charge in [0.1, 0.15) is 0 Å². The molecule has 0 unspecified atom stereocenters. The number of aryl methyl sites for hydroxylation is 2. The van der Waals surface area contributed by atoms with Crippen LogP contribution >= 0.6 is 0 Å². The fourth-order valence-corrected chi connectivity index (χ4v) is 8.02. The van der Waals surface area contributed by atoms with E-state index in [4.69, 9.17) is 47.9 Å². The monoisotopic (exact) mass is 942 g/mol. The molecule has 8 bridgehead atoms. The molecule has 0 spiro atoms. The Morgan fingerprint density at radius 2 is 0.618 bits per heavy atom. The first-order valence-electron chi connectivity index (χ1n) is 21.4. The molecule has 20 heteroatoms. The summed E-state index contributed by atoms with van der Waals surface area (Å²) in [5.41, 5.74) is 5.90. The predicted octanol–water partition coefficient (Wildman–Crippen LogP) is 4.81. The normalized spacial score (nSPS) is 12.0. The van der Waals surface area contributed by atoms with Gasteiger partial charge in [0.05, 0.1) is 105 Å². The van der Waals surface area contributed by atoms with Crippen molar-refractivity contribution in [2.45, 2.75) is 77.0 Å². The van der Waals surface area contributed by atoms with Crippen LogP contribution < -0.4 is 0 Å². The highest BCUT2D eigenvalue weighted by molar-refractivity contribution is 6.03. The van der Waals surface area contributed by atoms with Crippen LogP contribution in [-0.2, 0) is 102 Å². The Kier molecular flexibility index (Phi) is 17.9. The molecule has 0 saturated carbocycles. The van der Waals surface area contributed by atoms with E-state index in [0.717, 1.165) is 0 Å². The Bertz CT molecular complexity index is 2740. The number of hydrogen-bond acceptors (Lipinski definition) is 18. The number of allylic oxidation sites excluding steroid dienone is 2. The molecule has 5 heterocycles. The molecule has 0 aliphatic carbocycles. The van der Waals surface area contributed by atoms with E-state index in [0.29, 0.717) is 66.6 Å². The second-order valence-electron chi connectivity index (χ2n) is 15.4. The summed E-state index contributed by atoms with van der Waals surface area (Å²) in [7, 11) is 9.91. The van der Waals surface area contributed by atoms with E-state index in [1.54, 1.807) is 24.3 Å². The lowest BCUT2D eigenvalue weighted by atomic mass is 9.95. The Morgan fingerprint density at radius 3 is 1.00 bits per heavy atom. The average Bonchev–Trinajstić information content (AvgIpc) is 4.04. The maximum absolute atomic E-state index is 13.2. The van der Waals surface area contributed by atoms with Crippen molar-refractivity contribution in [1.82, 2.24) is 19.9 Å². The fraction of sp³-hybridized carbons (Fsp3) is 0.417. The average molecular weight is 943 g/mol. The molecule has 362 valence electrons. The van der Waals surface area contributed by atoms with Crippen LogP contribution in [0.4, 0.5) is 0 Å². The largest absolute Gasteiger partial charge is 0.469 e. The Labute approximate surface area is 390 Å². The van der Waals surface area contributed by atoms with Gasteiger partial charge in [-0.2, -0.15) is 0 Å². The van der Waals surface area contributed by atoms with Crippen molar-refractivity contribution in [3.63, 3.8) is 0 Å². The topological polar surface area (TPSA) is 268 Å². The predicted molar refractivity (Wildman–Crippen MR) is 243 cm³/mol. The zero-order valence-corrected chi connectivity index (χ0v) is 39.2. The third-order valence-electron chi connectivity index (χ3n) is 11.6. The lowest BCUT2D eigenvalue weighted by Crippen LogP contribution is -2.08. The number of carbonyl (C=O) groups excluding carboxylic acids is 8.